The van der Waals surface area contributed by atoms with Crippen LogP contribution in [0.3, 0.4) is 0 Å². The van der Waals surface area contributed by atoms with E-state index in [0.29, 0.717) is 12.5 Å². The number of hydrogen-bond acceptors (Lipinski definition) is 2. The van der Waals surface area contributed by atoms with Gasteiger partial charge in [-0.2, -0.15) is 0 Å². The van der Waals surface area contributed by atoms with Gasteiger partial charge < -0.3 is 10.2 Å². The summed E-state index contributed by atoms with van der Waals surface area (Å²) in [5.41, 5.74) is 1.13. The number of benzene rings is 2. The van der Waals surface area contributed by atoms with E-state index in [1.165, 1.54) is 10.8 Å². The van der Waals surface area contributed by atoms with Crippen molar-refractivity contribution in [1.29, 1.82) is 0 Å². The Kier molecular flexibility index (Phi) is 5.21. The molecule has 1 heterocycles. The first-order chi connectivity index (χ1) is 9.78. The normalized spacial score (nSPS) is 17.8. The number of halogens is 1. The molecule has 1 aliphatic rings. The summed E-state index contributed by atoms with van der Waals surface area (Å²) in [6.07, 6.45) is 1.55. The van der Waals surface area contributed by atoms with Crippen LogP contribution >= 0.6 is 12.4 Å². The molecule has 1 atom stereocenters. The minimum atomic E-state index is 0. The van der Waals surface area contributed by atoms with Crippen LogP contribution in [-0.2, 0) is 11.2 Å². The number of nitrogens with one attached hydrogen (secondary N) is 1. The second-order valence-electron chi connectivity index (χ2n) is 5.43. The molecule has 112 valence electrons. The highest BCUT2D eigenvalue weighted by Crippen LogP contribution is 2.20. The number of nitrogens with zero attached hydrogens (tertiary/aromatic N) is 1. The smallest absolute Gasteiger partial charge is 0.227 e. The van der Waals surface area contributed by atoms with Crippen LogP contribution < -0.4 is 5.32 Å². The van der Waals surface area contributed by atoms with Gasteiger partial charge in [-0.25, -0.2) is 0 Å². The first-order valence-electron chi connectivity index (χ1n) is 7.19. The van der Waals surface area contributed by atoms with Crippen molar-refractivity contribution in [2.24, 2.45) is 0 Å². The molecule has 1 fully saturated rings. The van der Waals surface area contributed by atoms with E-state index >= 15 is 0 Å². The van der Waals surface area contributed by atoms with Crippen LogP contribution in [0.4, 0.5) is 0 Å². The maximum Gasteiger partial charge on any atom is 0.227 e. The van der Waals surface area contributed by atoms with Crippen molar-refractivity contribution in [3.05, 3.63) is 48.0 Å². The first-order valence-corrected chi connectivity index (χ1v) is 7.19. The minimum Gasteiger partial charge on any atom is -0.341 e. The van der Waals surface area contributed by atoms with Crippen molar-refractivity contribution in [3.63, 3.8) is 0 Å². The predicted octanol–water partition coefficient (Wildman–Crippen LogP) is 2.62. The zero-order valence-electron chi connectivity index (χ0n) is 12.2. The number of rotatable bonds is 3. The Labute approximate surface area is 131 Å². The summed E-state index contributed by atoms with van der Waals surface area (Å²) in [7, 11) is 1.96. The Morgan fingerprint density at radius 1 is 1.24 bits per heavy atom. The highest BCUT2D eigenvalue weighted by molar-refractivity contribution is 5.90. The van der Waals surface area contributed by atoms with Gasteiger partial charge in [-0.3, -0.25) is 4.79 Å². The van der Waals surface area contributed by atoms with E-state index in [4.69, 9.17) is 0 Å². The molecule has 0 saturated carbocycles. The molecule has 3 nitrogen and oxygen atoms in total. The van der Waals surface area contributed by atoms with Crippen molar-refractivity contribution in [2.75, 3.05) is 20.1 Å². The Morgan fingerprint density at radius 3 is 2.76 bits per heavy atom. The lowest BCUT2D eigenvalue weighted by molar-refractivity contribution is -0.129. The molecule has 3 rings (SSSR count). The number of carbonyl (C=O) groups is 1. The third-order valence-corrected chi connectivity index (χ3v) is 4.17. The summed E-state index contributed by atoms with van der Waals surface area (Å²) in [6, 6.07) is 14.9. The molecule has 0 radical (unpaired) electrons. The second-order valence-corrected chi connectivity index (χ2v) is 5.43. The average Bonchev–Trinajstić information content (AvgIpc) is 2.97. The summed E-state index contributed by atoms with van der Waals surface area (Å²) < 4.78 is 0. The fourth-order valence-corrected chi connectivity index (χ4v) is 2.94. The van der Waals surface area contributed by atoms with Gasteiger partial charge in [0.25, 0.3) is 0 Å². The number of hydrogen-bond donors (Lipinski definition) is 1. The first kappa shape index (κ1) is 15.8. The Morgan fingerprint density at radius 2 is 2.00 bits per heavy atom. The molecule has 1 aliphatic heterocycles. The van der Waals surface area contributed by atoms with E-state index in [-0.39, 0.29) is 18.3 Å². The van der Waals surface area contributed by atoms with E-state index in [9.17, 15) is 4.79 Å². The number of likely N-dealkylation sites (N-methyl/N-ethyl adjacent to an activating group) is 1. The monoisotopic (exact) mass is 304 g/mol. The summed E-state index contributed by atoms with van der Waals surface area (Å²) in [6.45, 7) is 1.70. The lowest BCUT2D eigenvalue weighted by Crippen LogP contribution is -2.34. The Balaban J connectivity index is 0.00000161. The van der Waals surface area contributed by atoms with E-state index in [1.54, 1.807) is 0 Å². The maximum absolute atomic E-state index is 12.4. The number of likely N-dealkylation sites (tertiary alicyclic amines) is 1. The summed E-state index contributed by atoms with van der Waals surface area (Å²) in [4.78, 5) is 14.4. The van der Waals surface area contributed by atoms with Gasteiger partial charge in [0.05, 0.1) is 6.42 Å². The zero-order valence-corrected chi connectivity index (χ0v) is 13.0. The molecule has 0 spiro atoms. The lowest BCUT2D eigenvalue weighted by atomic mass is 10.0. The number of amides is 1. The van der Waals surface area contributed by atoms with Crippen molar-refractivity contribution in [3.8, 4) is 0 Å². The lowest BCUT2D eigenvalue weighted by Gasteiger charge is -2.17. The van der Waals surface area contributed by atoms with E-state index in [0.717, 1.165) is 25.1 Å². The van der Waals surface area contributed by atoms with Gasteiger partial charge in [-0.05, 0) is 29.8 Å². The van der Waals surface area contributed by atoms with Gasteiger partial charge >= 0.3 is 0 Å². The zero-order chi connectivity index (χ0) is 13.9. The fourth-order valence-electron chi connectivity index (χ4n) is 2.94. The third kappa shape index (κ3) is 3.36. The molecule has 1 amide bonds. The molecule has 0 aliphatic carbocycles. The van der Waals surface area contributed by atoms with E-state index in [2.05, 4.69) is 29.6 Å². The highest BCUT2D eigenvalue weighted by atomic mass is 35.5. The number of fused-ring (bicyclic) bond motifs is 1. The number of carbonyl (C=O) groups excluding carboxylic acids is 1. The van der Waals surface area contributed by atoms with Crippen LogP contribution in [0.15, 0.2) is 42.5 Å². The highest BCUT2D eigenvalue weighted by Gasteiger charge is 2.25. The van der Waals surface area contributed by atoms with Gasteiger partial charge in [0.2, 0.25) is 5.91 Å². The SMILES string of the molecule is CNC1CCN(C(=O)Cc2cccc3ccccc23)C1.Cl. The van der Waals surface area contributed by atoms with Crippen molar-refractivity contribution < 1.29 is 4.79 Å². The van der Waals surface area contributed by atoms with Gasteiger partial charge in [0.15, 0.2) is 0 Å². The van der Waals surface area contributed by atoms with E-state index < -0.39 is 0 Å². The molecule has 1 unspecified atom stereocenters. The largest absolute Gasteiger partial charge is 0.341 e. The van der Waals surface area contributed by atoms with Crippen LogP contribution in [0.2, 0.25) is 0 Å². The standard InChI is InChI=1S/C17H20N2O.ClH/c1-18-15-9-10-19(12-15)17(20)11-14-7-4-6-13-5-2-3-8-16(13)14;/h2-8,15,18H,9-12H2,1H3;1H. The topological polar surface area (TPSA) is 32.3 Å². The molecule has 1 saturated heterocycles. The van der Waals surface area contributed by atoms with Crippen LogP contribution in [0.25, 0.3) is 10.8 Å². The molecule has 4 heteroatoms. The second kappa shape index (κ2) is 6.92. The maximum atomic E-state index is 12.4. The summed E-state index contributed by atoms with van der Waals surface area (Å²) in [5, 5.41) is 5.64. The van der Waals surface area contributed by atoms with Crippen molar-refractivity contribution >= 4 is 29.1 Å². The third-order valence-electron chi connectivity index (χ3n) is 4.17. The summed E-state index contributed by atoms with van der Waals surface area (Å²) in [5.74, 6) is 0.235. The van der Waals surface area contributed by atoms with Crippen LogP contribution in [0, 0.1) is 0 Å². The molecule has 2 aromatic rings. The van der Waals surface area contributed by atoms with Crippen molar-refractivity contribution in [1.82, 2.24) is 10.2 Å². The quantitative estimate of drug-likeness (QED) is 0.945. The molecule has 0 bridgehead atoms. The minimum absolute atomic E-state index is 0. The summed E-state index contributed by atoms with van der Waals surface area (Å²) >= 11 is 0. The van der Waals surface area contributed by atoms with Gasteiger partial charge in [0, 0.05) is 19.1 Å². The molecule has 1 N–H and O–H groups in total. The van der Waals surface area contributed by atoms with E-state index in [1.807, 2.05) is 30.1 Å². The van der Waals surface area contributed by atoms with Crippen LogP contribution in [0.5, 0.6) is 0 Å². The van der Waals surface area contributed by atoms with Gasteiger partial charge in [0.1, 0.15) is 0 Å². The predicted molar refractivity (Wildman–Crippen MR) is 88.9 cm³/mol. The van der Waals surface area contributed by atoms with Crippen LogP contribution in [-0.4, -0.2) is 37.0 Å². The fraction of sp³-hybridized carbons (Fsp3) is 0.353. The van der Waals surface area contributed by atoms with Gasteiger partial charge in [-0.1, -0.05) is 42.5 Å². The molecule has 21 heavy (non-hydrogen) atoms. The van der Waals surface area contributed by atoms with Gasteiger partial charge in [-0.15, -0.1) is 12.4 Å². The van der Waals surface area contributed by atoms with Crippen molar-refractivity contribution in [2.45, 2.75) is 18.9 Å². The molecule has 0 aromatic heterocycles. The Hall–Kier alpha value is -1.58. The van der Waals surface area contributed by atoms with Crippen LogP contribution in [0.1, 0.15) is 12.0 Å². The molecular formula is C17H21ClN2O. The molecular weight excluding hydrogens is 284 g/mol. The Bertz CT molecular complexity index is 624. The molecule has 2 aromatic carbocycles. The average molecular weight is 305 g/mol.